The van der Waals surface area contributed by atoms with Crippen molar-refractivity contribution in [2.75, 3.05) is 13.1 Å². The molecule has 1 unspecified atom stereocenters. The van der Waals surface area contributed by atoms with Crippen LogP contribution in [0.25, 0.3) is 0 Å². The van der Waals surface area contributed by atoms with Gasteiger partial charge in [-0.2, -0.15) is 0 Å². The molecule has 0 aromatic carbocycles. The maximum atomic E-state index is 3.80. The summed E-state index contributed by atoms with van der Waals surface area (Å²) in [6.45, 7) is 4.87. The molecule has 2 fully saturated rings. The number of thiophene rings is 1. The molecule has 2 nitrogen and oxygen atoms in total. The van der Waals surface area contributed by atoms with E-state index in [1.54, 1.807) is 0 Å². The average Bonchev–Trinajstić information content (AvgIpc) is 3.12. The van der Waals surface area contributed by atoms with Crippen molar-refractivity contribution in [2.24, 2.45) is 0 Å². The fourth-order valence-electron chi connectivity index (χ4n) is 2.91. The molecule has 0 bridgehead atoms. The summed E-state index contributed by atoms with van der Waals surface area (Å²) in [5, 5.41) is 5.96. The number of rotatable bonds is 4. The van der Waals surface area contributed by atoms with E-state index in [9.17, 15) is 0 Å². The third-order valence-electron chi connectivity index (χ3n) is 4.12. The van der Waals surface area contributed by atoms with Gasteiger partial charge in [0.05, 0.1) is 0 Å². The van der Waals surface area contributed by atoms with E-state index in [1.165, 1.54) is 48.1 Å². The Kier molecular flexibility index (Phi) is 4.09. The van der Waals surface area contributed by atoms with Crippen molar-refractivity contribution in [3.8, 4) is 0 Å². The first-order chi connectivity index (χ1) is 8.74. The third kappa shape index (κ3) is 2.98. The number of nitrogens with zero attached hydrogens (tertiary/aromatic N) is 1. The maximum absolute atomic E-state index is 3.80. The molecule has 1 N–H and O–H groups in total. The van der Waals surface area contributed by atoms with Gasteiger partial charge in [0.1, 0.15) is 0 Å². The Morgan fingerprint density at radius 1 is 1.33 bits per heavy atom. The molecule has 1 aromatic rings. The smallest absolute Gasteiger partial charge is 0.0399 e. The lowest BCUT2D eigenvalue weighted by atomic mass is 10.0. The highest BCUT2D eigenvalue weighted by atomic mass is 79.9. The zero-order chi connectivity index (χ0) is 12.5. The molecule has 3 rings (SSSR count). The van der Waals surface area contributed by atoms with Crippen molar-refractivity contribution in [3.63, 3.8) is 0 Å². The van der Waals surface area contributed by atoms with Crippen LogP contribution in [0.3, 0.4) is 0 Å². The predicted octanol–water partition coefficient (Wildman–Crippen LogP) is 3.79. The number of hydrogen-bond acceptors (Lipinski definition) is 3. The van der Waals surface area contributed by atoms with Crippen LogP contribution in [0, 0.1) is 0 Å². The lowest BCUT2D eigenvalue weighted by molar-refractivity contribution is 0.184. The molecule has 1 saturated carbocycles. The van der Waals surface area contributed by atoms with Crippen LogP contribution in [0.1, 0.15) is 43.5 Å². The second kappa shape index (κ2) is 5.61. The summed E-state index contributed by atoms with van der Waals surface area (Å²) >= 11 is 5.47. The minimum Gasteiger partial charge on any atom is -0.307 e. The summed E-state index contributed by atoms with van der Waals surface area (Å²) in [4.78, 5) is 4.11. The van der Waals surface area contributed by atoms with Gasteiger partial charge in [-0.1, -0.05) is 0 Å². The highest BCUT2D eigenvalue weighted by Crippen LogP contribution is 2.31. The van der Waals surface area contributed by atoms with Gasteiger partial charge >= 0.3 is 0 Å². The van der Waals surface area contributed by atoms with E-state index in [0.29, 0.717) is 12.1 Å². The summed E-state index contributed by atoms with van der Waals surface area (Å²) in [6, 6.07) is 4.25. The van der Waals surface area contributed by atoms with Crippen molar-refractivity contribution in [1.29, 1.82) is 0 Å². The molecule has 18 heavy (non-hydrogen) atoms. The van der Waals surface area contributed by atoms with Crippen LogP contribution in [0.2, 0.25) is 0 Å². The van der Waals surface area contributed by atoms with Crippen molar-refractivity contribution >= 4 is 27.3 Å². The lowest BCUT2D eigenvalue weighted by Gasteiger charge is -2.34. The Morgan fingerprint density at radius 2 is 2.06 bits per heavy atom. The van der Waals surface area contributed by atoms with E-state index < -0.39 is 0 Å². The SMILES string of the molecule is CC(NC1CCN(C2CC2)CC1)c1sccc1Br. The van der Waals surface area contributed by atoms with E-state index >= 15 is 0 Å². The number of halogens is 1. The molecule has 0 amide bonds. The molecule has 1 aliphatic heterocycles. The average molecular weight is 329 g/mol. The van der Waals surface area contributed by atoms with Gasteiger partial charge in [-0.3, -0.25) is 0 Å². The molecule has 1 aromatic heterocycles. The molecule has 1 saturated heterocycles. The highest BCUT2D eigenvalue weighted by Gasteiger charge is 2.32. The summed E-state index contributed by atoms with van der Waals surface area (Å²) in [5.74, 6) is 0. The monoisotopic (exact) mass is 328 g/mol. The van der Waals surface area contributed by atoms with Gasteiger partial charge in [-0.15, -0.1) is 11.3 Å². The van der Waals surface area contributed by atoms with Gasteiger partial charge in [-0.05, 0) is 73.1 Å². The Balaban J connectivity index is 1.50. The topological polar surface area (TPSA) is 15.3 Å². The molecule has 2 heterocycles. The maximum Gasteiger partial charge on any atom is 0.0399 e. The molecule has 2 aliphatic rings. The normalized spacial score (nSPS) is 24.3. The number of piperidine rings is 1. The fraction of sp³-hybridized carbons (Fsp3) is 0.714. The van der Waals surface area contributed by atoms with Crippen molar-refractivity contribution in [2.45, 2.75) is 50.7 Å². The molecule has 1 atom stereocenters. The Bertz CT molecular complexity index is 394. The van der Waals surface area contributed by atoms with E-state index in [2.05, 4.69) is 44.5 Å². The third-order valence-corrected chi connectivity index (χ3v) is 6.17. The summed E-state index contributed by atoms with van der Waals surface area (Å²) in [6.07, 6.45) is 5.50. The number of hydrogen-bond donors (Lipinski definition) is 1. The van der Waals surface area contributed by atoms with Gasteiger partial charge in [0, 0.05) is 27.5 Å². The molecule has 4 heteroatoms. The second-order valence-electron chi connectivity index (χ2n) is 5.56. The van der Waals surface area contributed by atoms with E-state index in [1.807, 2.05) is 11.3 Å². The quantitative estimate of drug-likeness (QED) is 0.904. The van der Waals surface area contributed by atoms with Gasteiger partial charge in [0.2, 0.25) is 0 Å². The molecule has 0 spiro atoms. The number of nitrogens with one attached hydrogen (secondary N) is 1. The Hall–Kier alpha value is 0.100. The lowest BCUT2D eigenvalue weighted by Crippen LogP contribution is -2.43. The molecular formula is C14H21BrN2S. The zero-order valence-electron chi connectivity index (χ0n) is 10.9. The van der Waals surface area contributed by atoms with Gasteiger partial charge in [0.15, 0.2) is 0 Å². The first kappa shape index (κ1) is 13.1. The summed E-state index contributed by atoms with van der Waals surface area (Å²) in [5.41, 5.74) is 0. The van der Waals surface area contributed by atoms with Crippen LogP contribution in [-0.2, 0) is 0 Å². The van der Waals surface area contributed by atoms with Gasteiger partial charge in [0.25, 0.3) is 0 Å². The van der Waals surface area contributed by atoms with E-state index in [4.69, 9.17) is 0 Å². The van der Waals surface area contributed by atoms with Crippen LogP contribution < -0.4 is 5.32 Å². The van der Waals surface area contributed by atoms with Crippen LogP contribution in [-0.4, -0.2) is 30.1 Å². The van der Waals surface area contributed by atoms with Gasteiger partial charge in [-0.25, -0.2) is 0 Å². The second-order valence-corrected chi connectivity index (χ2v) is 7.36. The minimum atomic E-state index is 0.469. The van der Waals surface area contributed by atoms with E-state index in [0.717, 1.165) is 6.04 Å². The van der Waals surface area contributed by atoms with Crippen LogP contribution in [0.4, 0.5) is 0 Å². The molecular weight excluding hydrogens is 308 g/mol. The largest absolute Gasteiger partial charge is 0.307 e. The molecule has 0 radical (unpaired) electrons. The van der Waals surface area contributed by atoms with Crippen LogP contribution >= 0.6 is 27.3 Å². The summed E-state index contributed by atoms with van der Waals surface area (Å²) < 4.78 is 1.25. The first-order valence-electron chi connectivity index (χ1n) is 6.97. The Morgan fingerprint density at radius 3 is 2.61 bits per heavy atom. The predicted molar refractivity (Wildman–Crippen MR) is 81.2 cm³/mol. The van der Waals surface area contributed by atoms with Crippen molar-refractivity contribution in [3.05, 3.63) is 20.8 Å². The summed E-state index contributed by atoms with van der Waals surface area (Å²) in [7, 11) is 0. The fourth-order valence-corrected chi connectivity index (χ4v) is 4.65. The van der Waals surface area contributed by atoms with Crippen LogP contribution in [0.15, 0.2) is 15.9 Å². The first-order valence-corrected chi connectivity index (χ1v) is 8.64. The van der Waals surface area contributed by atoms with Crippen LogP contribution in [0.5, 0.6) is 0 Å². The molecule has 100 valence electrons. The van der Waals surface area contributed by atoms with Crippen molar-refractivity contribution in [1.82, 2.24) is 10.2 Å². The van der Waals surface area contributed by atoms with E-state index in [-0.39, 0.29) is 0 Å². The highest BCUT2D eigenvalue weighted by molar-refractivity contribution is 9.10. The van der Waals surface area contributed by atoms with Gasteiger partial charge < -0.3 is 10.2 Å². The number of likely N-dealkylation sites (tertiary alicyclic amines) is 1. The van der Waals surface area contributed by atoms with Crippen molar-refractivity contribution < 1.29 is 0 Å². The minimum absolute atomic E-state index is 0.469. The Labute approximate surface area is 122 Å². The zero-order valence-corrected chi connectivity index (χ0v) is 13.3. The standard InChI is InChI=1S/C14H21BrN2S/c1-10(14-13(15)6-9-18-14)16-11-4-7-17(8-5-11)12-2-3-12/h6,9-12,16H,2-5,7-8H2,1H3. The molecule has 1 aliphatic carbocycles.